The summed E-state index contributed by atoms with van der Waals surface area (Å²) in [6.07, 6.45) is 0. The third kappa shape index (κ3) is 3.06. The monoisotopic (exact) mass is 406 g/mol. The molecule has 2 aromatic carbocycles. The van der Waals surface area contributed by atoms with Gasteiger partial charge >= 0.3 is 5.63 Å². The molecule has 8 heteroatoms. The number of amides is 2. The van der Waals surface area contributed by atoms with Crippen LogP contribution in [0.25, 0.3) is 11.0 Å². The normalized spacial score (nSPS) is 13.4. The molecular weight excluding hydrogens is 388 g/mol. The molecule has 0 unspecified atom stereocenters. The van der Waals surface area contributed by atoms with E-state index in [1.807, 2.05) is 26.8 Å². The second kappa shape index (κ2) is 6.91. The Balaban J connectivity index is 1.80. The van der Waals surface area contributed by atoms with Crippen LogP contribution in [0.15, 0.2) is 45.6 Å². The van der Waals surface area contributed by atoms with Crippen LogP contribution >= 0.6 is 0 Å². The van der Waals surface area contributed by atoms with E-state index in [4.69, 9.17) is 4.42 Å². The van der Waals surface area contributed by atoms with Gasteiger partial charge in [-0.25, -0.2) is 4.79 Å². The van der Waals surface area contributed by atoms with E-state index in [1.165, 1.54) is 18.2 Å². The first-order chi connectivity index (χ1) is 14.2. The van der Waals surface area contributed by atoms with Crippen LogP contribution in [-0.2, 0) is 6.54 Å². The maximum atomic E-state index is 12.8. The molecule has 2 heterocycles. The largest absolute Gasteiger partial charge is 0.423 e. The molecule has 0 saturated carbocycles. The van der Waals surface area contributed by atoms with Gasteiger partial charge in [-0.1, -0.05) is 13.8 Å². The minimum Gasteiger partial charge on any atom is -0.423 e. The highest BCUT2D eigenvalue weighted by Crippen LogP contribution is 2.31. The van der Waals surface area contributed by atoms with Crippen LogP contribution in [0, 0.1) is 17.0 Å². The predicted octanol–water partition coefficient (Wildman–Crippen LogP) is 3.93. The van der Waals surface area contributed by atoms with E-state index in [-0.39, 0.29) is 29.3 Å². The third-order valence-electron chi connectivity index (χ3n) is 5.33. The molecule has 0 spiro atoms. The average Bonchev–Trinajstić information content (AvgIpc) is 2.91. The first-order valence-corrected chi connectivity index (χ1v) is 9.39. The van der Waals surface area contributed by atoms with Crippen LogP contribution in [-0.4, -0.2) is 21.6 Å². The molecule has 152 valence electrons. The fraction of sp³-hybridized carbons (Fsp3) is 0.227. The van der Waals surface area contributed by atoms with Crippen LogP contribution in [0.5, 0.6) is 0 Å². The molecule has 0 radical (unpaired) electrons. The smallest absolute Gasteiger partial charge is 0.336 e. The molecule has 2 amide bonds. The van der Waals surface area contributed by atoms with Gasteiger partial charge in [0.25, 0.3) is 17.5 Å². The predicted molar refractivity (Wildman–Crippen MR) is 109 cm³/mol. The van der Waals surface area contributed by atoms with Crippen molar-refractivity contribution in [2.45, 2.75) is 33.2 Å². The highest BCUT2D eigenvalue weighted by atomic mass is 16.6. The van der Waals surface area contributed by atoms with Gasteiger partial charge in [0.15, 0.2) is 0 Å². The molecule has 0 bridgehead atoms. The number of fused-ring (bicyclic) bond motifs is 2. The van der Waals surface area contributed by atoms with E-state index in [9.17, 15) is 24.5 Å². The van der Waals surface area contributed by atoms with Crippen LogP contribution in [0.1, 0.15) is 57.2 Å². The van der Waals surface area contributed by atoms with Crippen molar-refractivity contribution in [1.82, 2.24) is 4.90 Å². The topological polar surface area (TPSA) is 111 Å². The van der Waals surface area contributed by atoms with Crippen molar-refractivity contribution in [3.05, 3.63) is 84.7 Å². The molecule has 1 aromatic heterocycles. The van der Waals surface area contributed by atoms with Gasteiger partial charge in [-0.2, -0.15) is 0 Å². The fourth-order valence-corrected chi connectivity index (χ4v) is 3.85. The number of rotatable bonds is 4. The number of nitro benzene ring substituents is 1. The number of aryl methyl sites for hydroxylation is 1. The molecule has 0 N–H and O–H groups in total. The van der Waals surface area contributed by atoms with Crippen molar-refractivity contribution in [3.8, 4) is 0 Å². The maximum absolute atomic E-state index is 12.8. The molecule has 0 saturated heterocycles. The summed E-state index contributed by atoms with van der Waals surface area (Å²) < 4.78 is 5.32. The lowest BCUT2D eigenvalue weighted by Crippen LogP contribution is -2.29. The molecule has 30 heavy (non-hydrogen) atoms. The van der Waals surface area contributed by atoms with Gasteiger partial charge in [-0.3, -0.25) is 24.6 Å². The number of carbonyl (C=O) groups excluding carboxylic acids is 2. The van der Waals surface area contributed by atoms with E-state index in [2.05, 4.69) is 0 Å². The number of hydrogen-bond donors (Lipinski definition) is 0. The Morgan fingerprint density at radius 1 is 1.03 bits per heavy atom. The first-order valence-electron chi connectivity index (χ1n) is 9.39. The first kappa shape index (κ1) is 19.5. The molecule has 0 aliphatic carbocycles. The quantitative estimate of drug-likeness (QED) is 0.281. The lowest BCUT2D eigenvalue weighted by Gasteiger charge is -2.17. The summed E-state index contributed by atoms with van der Waals surface area (Å²) >= 11 is 0. The highest BCUT2D eigenvalue weighted by molar-refractivity contribution is 6.21. The van der Waals surface area contributed by atoms with Crippen LogP contribution in [0.2, 0.25) is 0 Å². The molecule has 8 nitrogen and oxygen atoms in total. The number of imide groups is 1. The zero-order chi connectivity index (χ0) is 21.7. The minimum absolute atomic E-state index is 0.0137. The Bertz CT molecular complexity index is 1300. The SMILES string of the molecule is Cc1cc2oc(=O)cc(CN3C(=O)c4ccc([N+](=O)[O-])cc4C3=O)c2cc1C(C)C. The van der Waals surface area contributed by atoms with Gasteiger partial charge in [0, 0.05) is 23.6 Å². The van der Waals surface area contributed by atoms with Crippen molar-refractivity contribution in [2.24, 2.45) is 0 Å². The summed E-state index contributed by atoms with van der Waals surface area (Å²) in [5.41, 5.74) is 2.15. The van der Waals surface area contributed by atoms with E-state index in [0.717, 1.165) is 22.1 Å². The number of hydrogen-bond acceptors (Lipinski definition) is 6. The maximum Gasteiger partial charge on any atom is 0.336 e. The summed E-state index contributed by atoms with van der Waals surface area (Å²) in [6, 6.07) is 8.54. The molecule has 3 aromatic rings. The van der Waals surface area contributed by atoms with Gasteiger partial charge in [0.2, 0.25) is 0 Å². The Morgan fingerprint density at radius 2 is 1.73 bits per heavy atom. The lowest BCUT2D eigenvalue weighted by molar-refractivity contribution is -0.384. The minimum atomic E-state index is -0.628. The lowest BCUT2D eigenvalue weighted by atomic mass is 9.95. The highest BCUT2D eigenvalue weighted by Gasteiger charge is 2.37. The number of benzene rings is 2. The van der Waals surface area contributed by atoms with Gasteiger partial charge < -0.3 is 4.42 Å². The zero-order valence-electron chi connectivity index (χ0n) is 16.6. The van der Waals surface area contributed by atoms with Crippen molar-refractivity contribution >= 4 is 28.5 Å². The Hall–Kier alpha value is -3.81. The summed E-state index contributed by atoms with van der Waals surface area (Å²) in [4.78, 5) is 49.1. The van der Waals surface area contributed by atoms with Crippen LogP contribution < -0.4 is 5.63 Å². The summed E-state index contributed by atoms with van der Waals surface area (Å²) in [6.45, 7) is 5.88. The van der Waals surface area contributed by atoms with E-state index in [1.54, 1.807) is 6.07 Å². The van der Waals surface area contributed by atoms with Crippen LogP contribution in [0.3, 0.4) is 0 Å². The molecular formula is C22H18N2O6. The molecule has 0 atom stereocenters. The van der Waals surface area contributed by atoms with Crippen molar-refractivity contribution < 1.29 is 18.9 Å². The van der Waals surface area contributed by atoms with Crippen molar-refractivity contribution in [2.75, 3.05) is 0 Å². The Kier molecular flexibility index (Phi) is 4.49. The third-order valence-corrected chi connectivity index (χ3v) is 5.33. The second-order valence-corrected chi connectivity index (χ2v) is 7.63. The summed E-state index contributed by atoms with van der Waals surface area (Å²) in [7, 11) is 0. The van der Waals surface area contributed by atoms with Gasteiger partial charge in [-0.05, 0) is 47.7 Å². The van der Waals surface area contributed by atoms with Crippen molar-refractivity contribution in [3.63, 3.8) is 0 Å². The van der Waals surface area contributed by atoms with Gasteiger partial charge in [0.05, 0.1) is 22.6 Å². The number of nitrogens with zero attached hydrogens (tertiary/aromatic N) is 2. The summed E-state index contributed by atoms with van der Waals surface area (Å²) in [5.74, 6) is -0.951. The Labute approximate surface area is 170 Å². The molecule has 4 rings (SSSR count). The van der Waals surface area contributed by atoms with Gasteiger partial charge in [0.1, 0.15) is 5.58 Å². The number of carbonyl (C=O) groups is 2. The fourth-order valence-electron chi connectivity index (χ4n) is 3.85. The summed E-state index contributed by atoms with van der Waals surface area (Å²) in [5, 5.41) is 11.7. The standard InChI is InChI=1S/C22H18N2O6/c1-11(2)16-9-17-13(7-20(25)30-19(17)6-12(16)3)10-23-21(26)15-5-4-14(24(28)29)8-18(15)22(23)27/h4-9,11H,10H2,1-3H3. The van der Waals surface area contributed by atoms with E-state index >= 15 is 0 Å². The van der Waals surface area contributed by atoms with E-state index < -0.39 is 22.4 Å². The zero-order valence-corrected chi connectivity index (χ0v) is 16.6. The number of nitro groups is 1. The van der Waals surface area contributed by atoms with Crippen molar-refractivity contribution in [1.29, 1.82) is 0 Å². The molecule has 1 aliphatic heterocycles. The van der Waals surface area contributed by atoms with E-state index in [0.29, 0.717) is 16.5 Å². The molecule has 1 aliphatic rings. The Morgan fingerprint density at radius 3 is 2.40 bits per heavy atom. The number of non-ortho nitro benzene ring substituents is 1. The average molecular weight is 406 g/mol. The van der Waals surface area contributed by atoms with Crippen LogP contribution in [0.4, 0.5) is 5.69 Å². The second-order valence-electron chi connectivity index (χ2n) is 7.63. The van der Waals surface area contributed by atoms with Gasteiger partial charge in [-0.15, -0.1) is 0 Å². The molecule has 0 fully saturated rings.